The summed E-state index contributed by atoms with van der Waals surface area (Å²) in [5.41, 5.74) is 1.52. The van der Waals surface area contributed by atoms with E-state index in [1.54, 1.807) is 49.6 Å². The molecule has 1 aliphatic rings. The van der Waals surface area contributed by atoms with Crippen LogP contribution in [-0.4, -0.2) is 12.9 Å². The lowest BCUT2D eigenvalue weighted by molar-refractivity contribution is 0.100. The summed E-state index contributed by atoms with van der Waals surface area (Å²) in [6.45, 7) is 0. The van der Waals surface area contributed by atoms with Gasteiger partial charge in [-0.15, -0.1) is 0 Å². The highest BCUT2D eigenvalue weighted by Gasteiger charge is 2.27. The zero-order chi connectivity index (χ0) is 17.1. The number of benzene rings is 2. The molecule has 0 bridgehead atoms. The molecule has 0 aliphatic heterocycles. The minimum Gasteiger partial charge on any atom is -0.497 e. The van der Waals surface area contributed by atoms with E-state index in [2.05, 4.69) is 0 Å². The Balaban J connectivity index is 1.97. The molecular formula is C19H12N2O3. The molecule has 0 saturated heterocycles. The van der Waals surface area contributed by atoms with Gasteiger partial charge in [-0.25, -0.2) is 0 Å². The van der Waals surface area contributed by atoms with Crippen LogP contribution in [-0.2, 0) is 0 Å². The van der Waals surface area contributed by atoms with Crippen molar-refractivity contribution in [1.29, 1.82) is 10.5 Å². The van der Waals surface area contributed by atoms with E-state index in [9.17, 15) is 4.79 Å². The number of carbonyl (C=O) groups is 1. The Morgan fingerprint density at radius 2 is 1.58 bits per heavy atom. The van der Waals surface area contributed by atoms with E-state index < -0.39 is 0 Å². The smallest absolute Gasteiger partial charge is 0.167 e. The largest absolute Gasteiger partial charge is 0.497 e. The predicted molar refractivity (Wildman–Crippen MR) is 86.6 cm³/mol. The molecule has 5 heteroatoms. The van der Waals surface area contributed by atoms with Crippen molar-refractivity contribution in [3.63, 3.8) is 0 Å². The highest BCUT2D eigenvalue weighted by atomic mass is 16.5. The molecule has 116 valence electrons. The minimum absolute atomic E-state index is 0.0382. The highest BCUT2D eigenvalue weighted by molar-refractivity contribution is 6.13. The van der Waals surface area contributed by atoms with Gasteiger partial charge in [-0.2, -0.15) is 10.5 Å². The quantitative estimate of drug-likeness (QED) is 0.802. The van der Waals surface area contributed by atoms with Crippen molar-refractivity contribution in [1.82, 2.24) is 0 Å². The number of methoxy groups -OCH3 is 1. The molecule has 0 spiro atoms. The molecule has 0 aromatic heterocycles. The van der Waals surface area contributed by atoms with E-state index in [0.29, 0.717) is 28.2 Å². The predicted octanol–water partition coefficient (Wildman–Crippen LogP) is 3.87. The van der Waals surface area contributed by atoms with E-state index >= 15 is 0 Å². The van der Waals surface area contributed by atoms with Gasteiger partial charge in [-0.05, 0) is 53.6 Å². The Hall–Kier alpha value is -3.57. The van der Waals surface area contributed by atoms with Crippen molar-refractivity contribution < 1.29 is 14.3 Å². The van der Waals surface area contributed by atoms with Gasteiger partial charge in [0.1, 0.15) is 35.0 Å². The van der Waals surface area contributed by atoms with Crippen LogP contribution >= 0.6 is 0 Å². The number of Topliss-reactive ketones (excluding diaryl/α,β-unsaturated/α-hetero) is 1. The first-order valence-corrected chi connectivity index (χ1v) is 7.19. The number of hydrogen-bond acceptors (Lipinski definition) is 5. The van der Waals surface area contributed by atoms with E-state index in [1.165, 1.54) is 0 Å². The second kappa shape index (κ2) is 6.28. The first-order valence-electron chi connectivity index (χ1n) is 7.19. The number of ketones is 1. The average Bonchev–Trinajstić information content (AvgIpc) is 2.93. The van der Waals surface area contributed by atoms with Gasteiger partial charge in [0.25, 0.3) is 0 Å². The van der Waals surface area contributed by atoms with E-state index in [0.717, 1.165) is 5.75 Å². The van der Waals surface area contributed by atoms with Crippen LogP contribution in [0.3, 0.4) is 0 Å². The number of rotatable bonds is 3. The third-order valence-corrected chi connectivity index (χ3v) is 3.77. The number of hydrogen-bond donors (Lipinski definition) is 0. The van der Waals surface area contributed by atoms with Gasteiger partial charge in [-0.1, -0.05) is 0 Å². The lowest BCUT2D eigenvalue weighted by Crippen LogP contribution is -1.91. The van der Waals surface area contributed by atoms with Crippen molar-refractivity contribution in [2.45, 2.75) is 6.42 Å². The van der Waals surface area contributed by atoms with Crippen molar-refractivity contribution in [3.8, 4) is 29.4 Å². The Kier molecular flexibility index (Phi) is 4.01. The first-order chi connectivity index (χ1) is 11.7. The minimum atomic E-state index is -0.0982. The summed E-state index contributed by atoms with van der Waals surface area (Å²) < 4.78 is 10.9. The van der Waals surface area contributed by atoms with Crippen molar-refractivity contribution in [2.75, 3.05) is 7.11 Å². The summed E-state index contributed by atoms with van der Waals surface area (Å²) in [5, 5.41) is 18.1. The molecule has 24 heavy (non-hydrogen) atoms. The summed E-state index contributed by atoms with van der Waals surface area (Å²) >= 11 is 0. The number of nitriles is 2. The Morgan fingerprint density at radius 3 is 2.21 bits per heavy atom. The van der Waals surface area contributed by atoms with Gasteiger partial charge >= 0.3 is 0 Å². The zero-order valence-electron chi connectivity index (χ0n) is 12.9. The van der Waals surface area contributed by atoms with Crippen LogP contribution in [0.1, 0.15) is 22.3 Å². The van der Waals surface area contributed by atoms with Crippen molar-refractivity contribution >= 4 is 11.4 Å². The fourth-order valence-electron chi connectivity index (χ4n) is 2.59. The molecule has 0 N–H and O–H groups in total. The van der Waals surface area contributed by atoms with Gasteiger partial charge < -0.3 is 9.47 Å². The molecule has 0 atom stereocenters. The van der Waals surface area contributed by atoms with Crippen LogP contribution in [0.15, 0.2) is 48.0 Å². The number of nitrogens with zero attached hydrogens (tertiary/aromatic N) is 2. The lowest BCUT2D eigenvalue weighted by Gasteiger charge is -2.08. The number of ether oxygens (including phenoxy) is 2. The van der Waals surface area contributed by atoms with Gasteiger partial charge in [0.15, 0.2) is 5.78 Å². The number of fused-ring (bicyclic) bond motifs is 1. The highest BCUT2D eigenvalue weighted by Crippen LogP contribution is 2.37. The molecule has 0 unspecified atom stereocenters. The Morgan fingerprint density at radius 1 is 0.958 bits per heavy atom. The fourth-order valence-corrected chi connectivity index (χ4v) is 2.59. The standard InChI is InChI=1S/C19H12N2O3/c1-23-13-2-4-14(5-3-13)24-15-6-7-16-18(8-15)17(9-19(16)22)12(10-20)11-21/h2-8H,9H2,1H3. The van der Waals surface area contributed by atoms with E-state index in [1.807, 2.05) is 12.1 Å². The van der Waals surface area contributed by atoms with Crippen LogP contribution in [0, 0.1) is 22.7 Å². The summed E-state index contributed by atoms with van der Waals surface area (Å²) in [4.78, 5) is 12.0. The Bertz CT molecular complexity index is 913. The SMILES string of the molecule is COc1ccc(Oc2ccc3c(c2)C(=C(C#N)C#N)CC3=O)cc1. The van der Waals surface area contributed by atoms with E-state index in [4.69, 9.17) is 20.0 Å². The van der Waals surface area contributed by atoms with Gasteiger partial charge in [0.2, 0.25) is 0 Å². The molecular weight excluding hydrogens is 304 g/mol. The summed E-state index contributed by atoms with van der Waals surface area (Å²) in [7, 11) is 1.59. The van der Waals surface area contributed by atoms with Crippen LogP contribution in [0.4, 0.5) is 0 Å². The second-order valence-corrected chi connectivity index (χ2v) is 5.16. The van der Waals surface area contributed by atoms with Gasteiger partial charge in [0.05, 0.1) is 7.11 Å². The van der Waals surface area contributed by atoms with Crippen LogP contribution < -0.4 is 9.47 Å². The van der Waals surface area contributed by atoms with E-state index in [-0.39, 0.29) is 17.8 Å². The number of allylic oxidation sites excluding steroid dienone is 2. The van der Waals surface area contributed by atoms with Gasteiger partial charge in [-0.3, -0.25) is 4.79 Å². The molecule has 0 saturated carbocycles. The monoisotopic (exact) mass is 316 g/mol. The maximum atomic E-state index is 12.0. The topological polar surface area (TPSA) is 83.1 Å². The van der Waals surface area contributed by atoms with Crippen LogP contribution in [0.2, 0.25) is 0 Å². The lowest BCUT2D eigenvalue weighted by atomic mass is 10.0. The molecule has 1 aliphatic carbocycles. The third-order valence-electron chi connectivity index (χ3n) is 3.77. The molecule has 0 fully saturated rings. The van der Waals surface area contributed by atoms with Crippen molar-refractivity contribution in [2.24, 2.45) is 0 Å². The molecule has 5 nitrogen and oxygen atoms in total. The first kappa shape index (κ1) is 15.3. The normalized spacial score (nSPS) is 12.1. The number of carbonyl (C=O) groups excluding carboxylic acids is 1. The summed E-state index contributed by atoms with van der Waals surface area (Å²) in [6.07, 6.45) is 0.0672. The second-order valence-electron chi connectivity index (χ2n) is 5.16. The maximum Gasteiger partial charge on any atom is 0.167 e. The molecule has 0 heterocycles. The Labute approximate surface area is 139 Å². The maximum absolute atomic E-state index is 12.0. The molecule has 2 aromatic rings. The van der Waals surface area contributed by atoms with Crippen molar-refractivity contribution in [3.05, 3.63) is 59.2 Å². The fraction of sp³-hybridized carbons (Fsp3) is 0.105. The molecule has 0 radical (unpaired) electrons. The third kappa shape index (κ3) is 2.71. The van der Waals surface area contributed by atoms with Gasteiger partial charge in [0, 0.05) is 12.0 Å². The summed E-state index contributed by atoms with van der Waals surface area (Å²) in [6, 6.07) is 15.8. The zero-order valence-corrected chi connectivity index (χ0v) is 12.9. The van der Waals surface area contributed by atoms with Crippen LogP contribution in [0.25, 0.3) is 5.57 Å². The van der Waals surface area contributed by atoms with Crippen LogP contribution in [0.5, 0.6) is 17.2 Å². The summed E-state index contributed by atoms with van der Waals surface area (Å²) in [5.74, 6) is 1.77. The average molecular weight is 316 g/mol. The molecule has 3 rings (SSSR count). The molecule has 2 aromatic carbocycles. The molecule has 0 amide bonds.